The Morgan fingerprint density at radius 1 is 0.941 bits per heavy atom. The normalized spacial score (nSPS) is 11.7. The van der Waals surface area contributed by atoms with Crippen LogP contribution < -0.4 is 9.46 Å². The predicted octanol–water partition coefficient (Wildman–Crippen LogP) is 5.30. The van der Waals surface area contributed by atoms with E-state index in [0.29, 0.717) is 40.1 Å². The molecule has 0 saturated carbocycles. The molecule has 0 aliphatic heterocycles. The molecule has 0 fully saturated rings. The number of rotatable bonds is 8. The summed E-state index contributed by atoms with van der Waals surface area (Å²) in [5.74, 6) is 0.718. The van der Waals surface area contributed by atoms with Crippen LogP contribution in [0.1, 0.15) is 11.3 Å². The maximum atomic E-state index is 13.0. The molecule has 0 aliphatic rings. The number of aliphatic hydroxyl groups excluding tert-OH is 1. The third-order valence-corrected chi connectivity index (χ3v) is 6.56. The minimum Gasteiger partial charge on any atom is -0.497 e. The maximum absolute atomic E-state index is 13.0. The van der Waals surface area contributed by atoms with Crippen molar-refractivity contribution in [1.82, 2.24) is 4.98 Å². The smallest absolute Gasteiger partial charge is 0.261 e. The van der Waals surface area contributed by atoms with Gasteiger partial charge in [0.1, 0.15) is 5.75 Å². The van der Waals surface area contributed by atoms with Crippen molar-refractivity contribution >= 4 is 38.0 Å². The maximum Gasteiger partial charge on any atom is 0.261 e. The molecule has 1 aromatic heterocycles. The summed E-state index contributed by atoms with van der Waals surface area (Å²) in [7, 11) is -2.23. The largest absolute Gasteiger partial charge is 0.497 e. The molecular formula is C25H24N4O4S. The summed E-state index contributed by atoms with van der Waals surface area (Å²) in [6.45, 7) is 1.82. The number of aliphatic hydroxyl groups is 1. The highest BCUT2D eigenvalue weighted by Gasteiger charge is 2.17. The number of aryl methyl sites for hydroxylation is 1. The van der Waals surface area contributed by atoms with Gasteiger partial charge in [-0.25, -0.2) is 8.42 Å². The molecule has 34 heavy (non-hydrogen) atoms. The third-order valence-electron chi connectivity index (χ3n) is 5.18. The first-order chi connectivity index (χ1) is 16.4. The van der Waals surface area contributed by atoms with E-state index in [4.69, 9.17) is 4.74 Å². The highest BCUT2D eigenvalue weighted by atomic mass is 32.2. The second-order valence-electron chi connectivity index (χ2n) is 7.62. The number of methoxy groups -OCH3 is 1. The number of nitrogens with zero attached hydrogens (tertiary/aromatic N) is 3. The van der Waals surface area contributed by atoms with Gasteiger partial charge in [-0.05, 0) is 67.6 Å². The number of fused-ring (bicyclic) bond motifs is 1. The third kappa shape index (κ3) is 5.22. The van der Waals surface area contributed by atoms with Crippen LogP contribution in [-0.4, -0.2) is 32.2 Å². The molecule has 0 saturated heterocycles. The molecule has 9 heteroatoms. The average Bonchev–Trinajstić information content (AvgIpc) is 2.84. The Balaban J connectivity index is 1.74. The van der Waals surface area contributed by atoms with E-state index in [-0.39, 0.29) is 11.5 Å². The minimum absolute atomic E-state index is 0.0696. The summed E-state index contributed by atoms with van der Waals surface area (Å²) in [5, 5.41) is 18.6. The van der Waals surface area contributed by atoms with Gasteiger partial charge in [-0.15, -0.1) is 5.11 Å². The van der Waals surface area contributed by atoms with Gasteiger partial charge in [0.2, 0.25) is 0 Å². The van der Waals surface area contributed by atoms with Crippen molar-refractivity contribution in [2.45, 2.75) is 18.2 Å². The molecular weight excluding hydrogens is 452 g/mol. The molecule has 4 rings (SSSR count). The number of azo groups is 1. The van der Waals surface area contributed by atoms with Crippen molar-refractivity contribution in [2.24, 2.45) is 10.2 Å². The highest BCUT2D eigenvalue weighted by molar-refractivity contribution is 7.92. The Labute approximate surface area is 198 Å². The van der Waals surface area contributed by atoms with Gasteiger partial charge in [-0.1, -0.05) is 17.7 Å². The predicted molar refractivity (Wildman–Crippen MR) is 132 cm³/mol. The van der Waals surface area contributed by atoms with Gasteiger partial charge in [0.05, 0.1) is 34.6 Å². The minimum atomic E-state index is -3.83. The van der Waals surface area contributed by atoms with Crippen LogP contribution in [0.4, 0.5) is 17.1 Å². The second-order valence-corrected chi connectivity index (χ2v) is 9.30. The van der Waals surface area contributed by atoms with Crippen molar-refractivity contribution in [3.8, 4) is 5.75 Å². The second kappa shape index (κ2) is 9.98. The molecule has 0 radical (unpaired) electrons. The molecule has 174 valence electrons. The molecule has 0 atom stereocenters. The number of hydrogen-bond acceptors (Lipinski definition) is 7. The summed E-state index contributed by atoms with van der Waals surface area (Å²) in [4.78, 5) is 4.74. The van der Waals surface area contributed by atoms with E-state index in [9.17, 15) is 13.5 Å². The number of benzene rings is 3. The van der Waals surface area contributed by atoms with Crippen LogP contribution >= 0.6 is 0 Å². The van der Waals surface area contributed by atoms with E-state index >= 15 is 0 Å². The number of hydrogen-bond donors (Lipinski definition) is 2. The van der Waals surface area contributed by atoms with E-state index in [1.807, 2.05) is 6.92 Å². The van der Waals surface area contributed by atoms with Crippen LogP contribution in [0.3, 0.4) is 0 Å². The lowest BCUT2D eigenvalue weighted by Gasteiger charge is -2.12. The zero-order chi connectivity index (χ0) is 24.1. The fraction of sp³-hybridized carbons (Fsp3) is 0.160. The van der Waals surface area contributed by atoms with E-state index in [1.54, 1.807) is 79.9 Å². The summed E-state index contributed by atoms with van der Waals surface area (Å²) >= 11 is 0. The Kier molecular flexibility index (Phi) is 6.85. The molecule has 2 N–H and O–H groups in total. The van der Waals surface area contributed by atoms with Crippen molar-refractivity contribution in [1.29, 1.82) is 0 Å². The Hall–Kier alpha value is -3.82. The Bertz CT molecular complexity index is 1430. The zero-order valence-corrected chi connectivity index (χ0v) is 19.6. The van der Waals surface area contributed by atoms with Crippen LogP contribution in [0.15, 0.2) is 87.9 Å². The summed E-state index contributed by atoms with van der Waals surface area (Å²) < 4.78 is 33.8. The summed E-state index contributed by atoms with van der Waals surface area (Å²) in [6.07, 6.45) is 0.345. The molecule has 0 unspecified atom stereocenters. The van der Waals surface area contributed by atoms with Gasteiger partial charge in [0.15, 0.2) is 0 Å². The number of pyridine rings is 1. The molecule has 0 spiro atoms. The number of ether oxygens (including phenoxy) is 1. The van der Waals surface area contributed by atoms with E-state index in [1.165, 1.54) is 0 Å². The fourth-order valence-corrected chi connectivity index (χ4v) is 4.41. The first kappa shape index (κ1) is 23.3. The monoisotopic (exact) mass is 476 g/mol. The lowest BCUT2D eigenvalue weighted by Crippen LogP contribution is -2.13. The van der Waals surface area contributed by atoms with Crippen LogP contribution in [0.2, 0.25) is 0 Å². The van der Waals surface area contributed by atoms with Crippen LogP contribution in [0.25, 0.3) is 10.9 Å². The lowest BCUT2D eigenvalue weighted by molar-refractivity contribution is 0.298. The van der Waals surface area contributed by atoms with Crippen molar-refractivity contribution in [3.05, 3.63) is 84.1 Å². The summed E-state index contributed by atoms with van der Waals surface area (Å²) in [6, 6.07) is 20.6. The first-order valence-electron chi connectivity index (χ1n) is 10.6. The molecule has 1 heterocycles. The molecule has 0 bridgehead atoms. The van der Waals surface area contributed by atoms with Gasteiger partial charge < -0.3 is 9.84 Å². The van der Waals surface area contributed by atoms with E-state index in [0.717, 1.165) is 11.3 Å². The zero-order valence-electron chi connectivity index (χ0n) is 18.8. The SMILES string of the molecule is COc1ccc(N=Nc2ccc(NS(=O)(=O)c3ccc(C)cc3)c3nc(CCO)ccc23)cc1. The molecule has 0 aliphatic carbocycles. The van der Waals surface area contributed by atoms with Crippen molar-refractivity contribution in [3.63, 3.8) is 0 Å². The summed E-state index contributed by atoms with van der Waals surface area (Å²) in [5.41, 5.74) is 3.52. The molecule has 8 nitrogen and oxygen atoms in total. The Morgan fingerprint density at radius 2 is 1.68 bits per heavy atom. The molecule has 0 amide bonds. The lowest BCUT2D eigenvalue weighted by atomic mass is 10.1. The number of sulfonamides is 1. The van der Waals surface area contributed by atoms with Crippen LogP contribution in [0, 0.1) is 6.92 Å². The van der Waals surface area contributed by atoms with E-state index < -0.39 is 10.0 Å². The quantitative estimate of drug-likeness (QED) is 0.335. The van der Waals surface area contributed by atoms with E-state index in [2.05, 4.69) is 19.9 Å². The van der Waals surface area contributed by atoms with Gasteiger partial charge in [-0.3, -0.25) is 9.71 Å². The number of aromatic nitrogens is 1. The molecule has 4 aromatic rings. The van der Waals surface area contributed by atoms with Crippen molar-refractivity contribution in [2.75, 3.05) is 18.4 Å². The van der Waals surface area contributed by atoms with Crippen molar-refractivity contribution < 1.29 is 18.3 Å². The standard InChI is InChI=1S/C25H24N4O4S/c1-17-3-10-21(11-4-17)34(31,32)29-24-14-13-23(22-12-7-18(15-16-30)26-25(22)24)28-27-19-5-8-20(33-2)9-6-19/h3-14,29-30H,15-16H2,1-2H3. The fourth-order valence-electron chi connectivity index (χ4n) is 3.35. The van der Waals surface area contributed by atoms with Crippen LogP contribution in [-0.2, 0) is 16.4 Å². The number of anilines is 1. The average molecular weight is 477 g/mol. The number of nitrogens with one attached hydrogen (secondary N) is 1. The van der Waals surface area contributed by atoms with Gasteiger partial charge in [-0.2, -0.15) is 5.11 Å². The first-order valence-corrected chi connectivity index (χ1v) is 12.1. The topological polar surface area (TPSA) is 113 Å². The highest BCUT2D eigenvalue weighted by Crippen LogP contribution is 2.33. The van der Waals surface area contributed by atoms with Gasteiger partial charge >= 0.3 is 0 Å². The van der Waals surface area contributed by atoms with Gasteiger partial charge in [0.25, 0.3) is 10.0 Å². The Morgan fingerprint density at radius 3 is 2.35 bits per heavy atom. The van der Waals surface area contributed by atoms with Crippen LogP contribution in [0.5, 0.6) is 5.75 Å². The molecule has 3 aromatic carbocycles. The van der Waals surface area contributed by atoms with Gasteiger partial charge in [0, 0.05) is 24.1 Å².